The highest BCUT2D eigenvalue weighted by molar-refractivity contribution is 5.33. The summed E-state index contributed by atoms with van der Waals surface area (Å²) in [6.45, 7) is 4.95. The van der Waals surface area contributed by atoms with Crippen molar-refractivity contribution in [3.8, 4) is 11.8 Å². The lowest BCUT2D eigenvalue weighted by atomic mass is 10.0. The molecule has 0 fully saturated rings. The number of para-hydroxylation sites is 1. The van der Waals surface area contributed by atoms with E-state index < -0.39 is 0 Å². The van der Waals surface area contributed by atoms with Gasteiger partial charge in [0.05, 0.1) is 0 Å². The van der Waals surface area contributed by atoms with Gasteiger partial charge in [-0.2, -0.15) is 5.26 Å². The van der Waals surface area contributed by atoms with Crippen LogP contribution in [0.25, 0.3) is 0 Å². The average Bonchev–Trinajstić information content (AvgIpc) is 2.35. The van der Waals surface area contributed by atoms with Crippen LogP contribution in [-0.4, -0.2) is 23.9 Å². The quantitative estimate of drug-likeness (QED) is 0.772. The van der Waals surface area contributed by atoms with Gasteiger partial charge in [0.25, 0.3) is 0 Å². The van der Waals surface area contributed by atoms with Crippen LogP contribution in [0.5, 0.6) is 5.75 Å². The topological polar surface area (TPSA) is 65.3 Å². The summed E-state index contributed by atoms with van der Waals surface area (Å²) in [5.41, 5.74) is 0.885. The van der Waals surface area contributed by atoms with E-state index in [-0.39, 0.29) is 18.8 Å². The van der Waals surface area contributed by atoms with E-state index in [0.717, 1.165) is 11.3 Å². The van der Waals surface area contributed by atoms with E-state index in [0.29, 0.717) is 13.0 Å². The number of nitrogens with zero attached hydrogens (tertiary/aromatic N) is 1. The Labute approximate surface area is 108 Å². The van der Waals surface area contributed by atoms with Gasteiger partial charge in [0.15, 0.2) is 6.61 Å². The molecule has 0 atom stereocenters. The van der Waals surface area contributed by atoms with Gasteiger partial charge in [0, 0.05) is 24.3 Å². The van der Waals surface area contributed by atoms with Crippen molar-refractivity contribution in [2.24, 2.45) is 0 Å². The summed E-state index contributed by atoms with van der Waals surface area (Å²) >= 11 is 0. The molecule has 0 spiro atoms. The third-order valence-electron chi connectivity index (χ3n) is 2.76. The highest BCUT2D eigenvalue weighted by Crippen LogP contribution is 2.19. The number of nitriles is 1. The molecule has 4 nitrogen and oxygen atoms in total. The van der Waals surface area contributed by atoms with Crippen molar-refractivity contribution in [2.75, 3.05) is 13.2 Å². The fraction of sp³-hybridized carbons (Fsp3) is 0.500. The fourth-order valence-corrected chi connectivity index (χ4v) is 1.60. The lowest BCUT2D eigenvalue weighted by Gasteiger charge is -2.26. The predicted octanol–water partition coefficient (Wildman–Crippen LogP) is 1.84. The first-order valence-corrected chi connectivity index (χ1v) is 6.02. The van der Waals surface area contributed by atoms with Crippen LogP contribution < -0.4 is 10.1 Å². The Bertz CT molecular complexity index is 411. The molecular formula is C14H20N2O2. The van der Waals surface area contributed by atoms with Crippen molar-refractivity contribution < 1.29 is 9.84 Å². The van der Waals surface area contributed by atoms with Crippen LogP contribution in [-0.2, 0) is 6.54 Å². The van der Waals surface area contributed by atoms with Gasteiger partial charge in [-0.05, 0) is 26.3 Å². The summed E-state index contributed by atoms with van der Waals surface area (Å²) in [5.74, 6) is 0.728. The second-order valence-electron chi connectivity index (χ2n) is 4.77. The molecule has 0 unspecified atom stereocenters. The number of hydrogen-bond donors (Lipinski definition) is 2. The second-order valence-corrected chi connectivity index (χ2v) is 4.77. The molecule has 1 rings (SSSR count). The smallest absolute Gasteiger partial charge is 0.174 e. The first-order valence-electron chi connectivity index (χ1n) is 6.02. The zero-order valence-corrected chi connectivity index (χ0v) is 10.9. The summed E-state index contributed by atoms with van der Waals surface area (Å²) in [7, 11) is 0. The van der Waals surface area contributed by atoms with Gasteiger partial charge in [-0.1, -0.05) is 18.2 Å². The van der Waals surface area contributed by atoms with Gasteiger partial charge < -0.3 is 15.2 Å². The van der Waals surface area contributed by atoms with Gasteiger partial charge in [0.1, 0.15) is 11.8 Å². The monoisotopic (exact) mass is 248 g/mol. The maximum absolute atomic E-state index is 8.97. The molecule has 0 saturated heterocycles. The van der Waals surface area contributed by atoms with Gasteiger partial charge in [-0.15, -0.1) is 0 Å². The maximum atomic E-state index is 8.97. The first kappa shape index (κ1) is 14.5. The summed E-state index contributed by atoms with van der Waals surface area (Å²) in [5, 5.41) is 20.9. The molecule has 0 aliphatic carbocycles. The second kappa shape index (κ2) is 7.00. The minimum absolute atomic E-state index is 0.0526. The summed E-state index contributed by atoms with van der Waals surface area (Å²) in [6, 6.07) is 9.61. The Morgan fingerprint density at radius 2 is 2.11 bits per heavy atom. The van der Waals surface area contributed by atoms with Crippen molar-refractivity contribution >= 4 is 0 Å². The lowest BCUT2D eigenvalue weighted by Crippen LogP contribution is -2.39. The molecule has 0 aromatic heterocycles. The SMILES string of the molecule is CC(C)(CCO)NCc1ccccc1OCC#N. The van der Waals surface area contributed by atoms with Crippen LogP contribution >= 0.6 is 0 Å². The Morgan fingerprint density at radius 3 is 2.78 bits per heavy atom. The Kier molecular flexibility index (Phi) is 5.63. The molecule has 0 aliphatic rings. The molecule has 2 N–H and O–H groups in total. The predicted molar refractivity (Wildman–Crippen MR) is 70.2 cm³/mol. The van der Waals surface area contributed by atoms with Crippen molar-refractivity contribution in [1.82, 2.24) is 5.32 Å². The van der Waals surface area contributed by atoms with E-state index in [1.54, 1.807) is 0 Å². The summed E-state index contributed by atoms with van der Waals surface area (Å²) in [6.07, 6.45) is 0.689. The molecule has 0 amide bonds. The van der Waals surface area contributed by atoms with E-state index in [1.807, 2.05) is 44.2 Å². The average molecular weight is 248 g/mol. The first-order chi connectivity index (χ1) is 8.59. The highest BCUT2D eigenvalue weighted by Gasteiger charge is 2.16. The molecule has 18 heavy (non-hydrogen) atoms. The number of hydrogen-bond acceptors (Lipinski definition) is 4. The molecular weight excluding hydrogens is 228 g/mol. The van der Waals surface area contributed by atoms with E-state index >= 15 is 0 Å². The molecule has 1 aromatic carbocycles. The molecule has 0 aliphatic heterocycles. The molecule has 1 aromatic rings. The Balaban J connectivity index is 2.64. The molecule has 98 valence electrons. The number of aliphatic hydroxyl groups is 1. The van der Waals surface area contributed by atoms with Crippen molar-refractivity contribution in [3.05, 3.63) is 29.8 Å². The van der Waals surface area contributed by atoms with Crippen LogP contribution in [0.15, 0.2) is 24.3 Å². The number of ether oxygens (including phenoxy) is 1. The standard InChI is InChI=1S/C14H20N2O2/c1-14(2,7-9-17)16-11-12-5-3-4-6-13(12)18-10-8-15/h3-6,16-17H,7,9-11H2,1-2H3. The third kappa shape index (κ3) is 4.74. The molecule has 0 heterocycles. The van der Waals surface area contributed by atoms with Gasteiger partial charge in [-0.25, -0.2) is 0 Å². The van der Waals surface area contributed by atoms with E-state index in [2.05, 4.69) is 5.32 Å². The highest BCUT2D eigenvalue weighted by atomic mass is 16.5. The largest absolute Gasteiger partial charge is 0.478 e. The molecule has 0 bridgehead atoms. The minimum Gasteiger partial charge on any atom is -0.478 e. The van der Waals surface area contributed by atoms with Crippen LogP contribution in [0.2, 0.25) is 0 Å². The van der Waals surface area contributed by atoms with Crippen molar-refractivity contribution in [3.63, 3.8) is 0 Å². The minimum atomic E-state index is -0.128. The van der Waals surface area contributed by atoms with Crippen LogP contribution in [0.3, 0.4) is 0 Å². The van der Waals surface area contributed by atoms with Gasteiger partial charge >= 0.3 is 0 Å². The maximum Gasteiger partial charge on any atom is 0.174 e. The number of nitrogens with one attached hydrogen (secondary N) is 1. The van der Waals surface area contributed by atoms with E-state index in [1.165, 1.54) is 0 Å². The molecule has 0 saturated carbocycles. The number of aliphatic hydroxyl groups excluding tert-OH is 1. The number of rotatable bonds is 7. The van der Waals surface area contributed by atoms with Crippen LogP contribution in [0, 0.1) is 11.3 Å². The van der Waals surface area contributed by atoms with Crippen LogP contribution in [0.1, 0.15) is 25.8 Å². The molecule has 4 heteroatoms. The normalized spacial score (nSPS) is 11.0. The van der Waals surface area contributed by atoms with Crippen molar-refractivity contribution in [1.29, 1.82) is 5.26 Å². The zero-order chi connectivity index (χ0) is 13.4. The third-order valence-corrected chi connectivity index (χ3v) is 2.76. The molecule has 0 radical (unpaired) electrons. The Hall–Kier alpha value is -1.57. The van der Waals surface area contributed by atoms with E-state index in [4.69, 9.17) is 15.1 Å². The lowest BCUT2D eigenvalue weighted by molar-refractivity contribution is 0.229. The Morgan fingerprint density at radius 1 is 1.39 bits per heavy atom. The van der Waals surface area contributed by atoms with Gasteiger partial charge in [-0.3, -0.25) is 0 Å². The summed E-state index contributed by atoms with van der Waals surface area (Å²) < 4.78 is 5.36. The summed E-state index contributed by atoms with van der Waals surface area (Å²) in [4.78, 5) is 0. The number of benzene rings is 1. The zero-order valence-electron chi connectivity index (χ0n) is 10.9. The van der Waals surface area contributed by atoms with E-state index in [9.17, 15) is 0 Å². The van der Waals surface area contributed by atoms with Crippen molar-refractivity contribution in [2.45, 2.75) is 32.4 Å². The van der Waals surface area contributed by atoms with Crippen LogP contribution in [0.4, 0.5) is 0 Å². The fourth-order valence-electron chi connectivity index (χ4n) is 1.60. The van der Waals surface area contributed by atoms with Gasteiger partial charge in [0.2, 0.25) is 0 Å².